The van der Waals surface area contributed by atoms with Crippen molar-refractivity contribution in [3.63, 3.8) is 0 Å². The molecule has 1 aliphatic heterocycles. The third-order valence-electron chi connectivity index (χ3n) is 2.62. The predicted octanol–water partition coefficient (Wildman–Crippen LogP) is 3.11. The van der Waals surface area contributed by atoms with Gasteiger partial charge in [0.25, 0.3) is 11.1 Å². The third-order valence-corrected chi connectivity index (χ3v) is 5.07. The topological polar surface area (TPSA) is 63.7 Å². The van der Waals surface area contributed by atoms with Gasteiger partial charge in [0.2, 0.25) is 0 Å². The minimum absolute atomic E-state index is 0.306. The summed E-state index contributed by atoms with van der Waals surface area (Å²) in [4.78, 5) is 37.6. The summed E-state index contributed by atoms with van der Waals surface area (Å²) >= 11 is 5.61. The first kappa shape index (κ1) is 15.3. The first-order valence-electron chi connectivity index (χ1n) is 5.54. The van der Waals surface area contributed by atoms with Crippen molar-refractivity contribution in [1.29, 1.82) is 0 Å². The van der Waals surface area contributed by atoms with Crippen LogP contribution in [0.2, 0.25) is 0 Å². The Labute approximate surface area is 132 Å². The molecule has 1 aromatic heterocycles. The van der Waals surface area contributed by atoms with Crippen LogP contribution in [0.4, 0.5) is 4.79 Å². The Morgan fingerprint density at radius 1 is 1.45 bits per heavy atom. The molecular weight excluding hydrogens is 366 g/mol. The maximum absolute atomic E-state index is 12.2. The number of hydrogen-bond donors (Lipinski definition) is 0. The highest BCUT2D eigenvalue weighted by Crippen LogP contribution is 2.35. The van der Waals surface area contributed by atoms with Crippen molar-refractivity contribution in [1.82, 2.24) is 4.90 Å². The van der Waals surface area contributed by atoms with Crippen molar-refractivity contribution < 1.29 is 19.1 Å². The third kappa shape index (κ3) is 2.97. The number of thiophene rings is 1. The van der Waals surface area contributed by atoms with Gasteiger partial charge in [0.05, 0.1) is 15.8 Å². The number of halogens is 1. The number of rotatable bonds is 3. The zero-order valence-corrected chi connectivity index (χ0v) is 13.8. The predicted molar refractivity (Wildman–Crippen MR) is 81.3 cm³/mol. The second-order valence-electron chi connectivity index (χ2n) is 3.89. The van der Waals surface area contributed by atoms with Crippen LogP contribution in [0.25, 0.3) is 6.08 Å². The number of hydrogen-bond acceptors (Lipinski definition) is 6. The van der Waals surface area contributed by atoms with Crippen molar-refractivity contribution in [2.45, 2.75) is 13.0 Å². The van der Waals surface area contributed by atoms with E-state index in [0.29, 0.717) is 4.91 Å². The number of carbonyl (C=O) groups excluding carboxylic acids is 3. The number of ether oxygens (including phenoxy) is 1. The van der Waals surface area contributed by atoms with Gasteiger partial charge in [-0.25, -0.2) is 4.79 Å². The van der Waals surface area contributed by atoms with Gasteiger partial charge >= 0.3 is 5.97 Å². The average Bonchev–Trinajstić information content (AvgIpc) is 2.93. The molecule has 2 rings (SSSR count). The van der Waals surface area contributed by atoms with Crippen LogP contribution in [-0.2, 0) is 14.3 Å². The molecule has 0 N–H and O–H groups in total. The van der Waals surface area contributed by atoms with E-state index in [-0.39, 0.29) is 0 Å². The van der Waals surface area contributed by atoms with E-state index in [1.807, 2.05) is 12.1 Å². The van der Waals surface area contributed by atoms with E-state index < -0.39 is 23.2 Å². The second-order valence-corrected chi connectivity index (χ2v) is 7.38. The summed E-state index contributed by atoms with van der Waals surface area (Å²) < 4.78 is 5.50. The monoisotopic (exact) mass is 375 g/mol. The molecular formula is C12H10BrNO4S2. The Morgan fingerprint density at radius 3 is 2.70 bits per heavy atom. The molecule has 1 saturated heterocycles. The highest BCUT2D eigenvalue weighted by Gasteiger charge is 2.41. The molecule has 106 valence electrons. The molecule has 0 aliphatic carbocycles. The minimum Gasteiger partial charge on any atom is -0.467 e. The Balaban J connectivity index is 2.25. The van der Waals surface area contributed by atoms with Gasteiger partial charge in [0.1, 0.15) is 6.04 Å². The fraction of sp³-hybridized carbons (Fsp3) is 0.250. The zero-order chi connectivity index (χ0) is 14.9. The molecule has 1 aromatic rings. The Hall–Kier alpha value is -1.12. The lowest BCUT2D eigenvalue weighted by molar-refractivity contribution is -0.148. The number of imide groups is 1. The summed E-state index contributed by atoms with van der Waals surface area (Å²) in [6.07, 6.45) is 1.64. The molecule has 0 aromatic carbocycles. The average molecular weight is 376 g/mol. The minimum atomic E-state index is -0.923. The molecule has 2 amide bonds. The normalized spacial score (nSPS) is 18.8. The first-order valence-corrected chi connectivity index (χ1v) is 7.97. The summed E-state index contributed by atoms with van der Waals surface area (Å²) in [5.41, 5.74) is 0. The maximum Gasteiger partial charge on any atom is 0.328 e. The van der Waals surface area contributed by atoms with Gasteiger partial charge in [-0.05, 0) is 52.8 Å². The molecule has 20 heavy (non-hydrogen) atoms. The quantitative estimate of drug-likeness (QED) is 0.599. The van der Waals surface area contributed by atoms with Crippen LogP contribution in [0.3, 0.4) is 0 Å². The van der Waals surface area contributed by atoms with Gasteiger partial charge in [-0.1, -0.05) is 0 Å². The van der Waals surface area contributed by atoms with Crippen LogP contribution in [-0.4, -0.2) is 35.2 Å². The Bertz CT molecular complexity index is 610. The van der Waals surface area contributed by atoms with Crippen LogP contribution in [0, 0.1) is 0 Å². The molecule has 1 aliphatic rings. The fourth-order valence-electron chi connectivity index (χ4n) is 1.62. The summed E-state index contributed by atoms with van der Waals surface area (Å²) in [5.74, 6) is -1.09. The van der Waals surface area contributed by atoms with Crippen LogP contribution >= 0.6 is 39.0 Å². The van der Waals surface area contributed by atoms with E-state index in [9.17, 15) is 14.4 Å². The molecule has 8 heteroatoms. The van der Waals surface area contributed by atoms with Gasteiger partial charge in [0.15, 0.2) is 0 Å². The lowest BCUT2D eigenvalue weighted by atomic mass is 10.3. The van der Waals surface area contributed by atoms with E-state index >= 15 is 0 Å². The van der Waals surface area contributed by atoms with Gasteiger partial charge in [0, 0.05) is 4.88 Å². The molecule has 0 bridgehead atoms. The summed E-state index contributed by atoms with van der Waals surface area (Å²) in [6.45, 7) is 1.47. The molecule has 0 unspecified atom stereocenters. The highest BCUT2D eigenvalue weighted by molar-refractivity contribution is 9.11. The number of methoxy groups -OCH3 is 1. The summed E-state index contributed by atoms with van der Waals surface area (Å²) in [7, 11) is 1.22. The van der Waals surface area contributed by atoms with Crippen LogP contribution in [0.15, 0.2) is 20.8 Å². The molecule has 1 fully saturated rings. The van der Waals surface area contributed by atoms with Crippen molar-refractivity contribution in [3.05, 3.63) is 25.7 Å². The number of amides is 2. The number of nitrogens with zero attached hydrogens (tertiary/aromatic N) is 1. The first-order chi connectivity index (χ1) is 9.43. The lowest BCUT2D eigenvalue weighted by Gasteiger charge is -2.18. The van der Waals surface area contributed by atoms with Crippen molar-refractivity contribution in [2.24, 2.45) is 0 Å². The smallest absolute Gasteiger partial charge is 0.328 e. The SMILES string of the molecule is COC(=O)[C@H](C)N1C(=O)S/C(=C/c2ccc(Br)s2)C1=O. The largest absolute Gasteiger partial charge is 0.467 e. The van der Waals surface area contributed by atoms with Gasteiger partial charge in [-0.3, -0.25) is 14.5 Å². The summed E-state index contributed by atoms with van der Waals surface area (Å²) in [5, 5.41) is -0.463. The molecule has 0 spiro atoms. The number of esters is 1. The molecule has 0 radical (unpaired) electrons. The molecule has 0 saturated carbocycles. The van der Waals surface area contributed by atoms with Gasteiger partial charge < -0.3 is 4.74 Å². The molecule has 1 atom stereocenters. The second kappa shape index (κ2) is 6.11. The van der Waals surface area contributed by atoms with E-state index in [2.05, 4.69) is 20.7 Å². The van der Waals surface area contributed by atoms with E-state index in [1.165, 1.54) is 25.4 Å². The lowest BCUT2D eigenvalue weighted by Crippen LogP contribution is -2.42. The van der Waals surface area contributed by atoms with Crippen molar-refractivity contribution in [2.75, 3.05) is 7.11 Å². The molecule has 2 heterocycles. The van der Waals surface area contributed by atoms with Crippen LogP contribution in [0.1, 0.15) is 11.8 Å². The van der Waals surface area contributed by atoms with E-state index in [0.717, 1.165) is 25.3 Å². The van der Waals surface area contributed by atoms with Crippen LogP contribution in [0.5, 0.6) is 0 Å². The van der Waals surface area contributed by atoms with E-state index in [1.54, 1.807) is 6.08 Å². The van der Waals surface area contributed by atoms with E-state index in [4.69, 9.17) is 0 Å². The number of thioether (sulfide) groups is 1. The summed E-state index contributed by atoms with van der Waals surface area (Å²) in [6, 6.07) is 2.78. The van der Waals surface area contributed by atoms with Crippen molar-refractivity contribution >= 4 is 62.2 Å². The zero-order valence-electron chi connectivity index (χ0n) is 10.6. The maximum atomic E-state index is 12.2. The highest BCUT2D eigenvalue weighted by atomic mass is 79.9. The van der Waals surface area contributed by atoms with Crippen molar-refractivity contribution in [3.8, 4) is 0 Å². The number of carbonyl (C=O) groups is 3. The van der Waals surface area contributed by atoms with Crippen LogP contribution < -0.4 is 0 Å². The Kier molecular flexibility index (Phi) is 4.66. The Morgan fingerprint density at radius 2 is 2.15 bits per heavy atom. The van der Waals surface area contributed by atoms with Gasteiger partial charge in [-0.2, -0.15) is 0 Å². The fourth-order valence-corrected chi connectivity index (χ4v) is 3.97. The van der Waals surface area contributed by atoms with Gasteiger partial charge in [-0.15, -0.1) is 11.3 Å². The standard InChI is InChI=1S/C12H10BrNO4S2/c1-6(11(16)18-2)14-10(15)8(20-12(14)17)5-7-3-4-9(13)19-7/h3-6H,1-2H3/b8-5+/t6-/m0/s1. The molecule has 5 nitrogen and oxygen atoms in total.